The zero-order valence-corrected chi connectivity index (χ0v) is 10.1. The van der Waals surface area contributed by atoms with E-state index in [1.54, 1.807) is 19.2 Å². The number of amides is 1. The summed E-state index contributed by atoms with van der Waals surface area (Å²) in [4.78, 5) is 11.1. The average molecular weight is 238 g/mol. The molecule has 1 amide bonds. The van der Waals surface area contributed by atoms with Gasteiger partial charge in [0.2, 0.25) is 5.91 Å². The first-order valence-corrected chi connectivity index (χ1v) is 5.47. The van der Waals surface area contributed by atoms with Crippen LogP contribution < -0.4 is 20.5 Å². The molecule has 0 heterocycles. The first-order valence-electron chi connectivity index (χ1n) is 5.47. The van der Waals surface area contributed by atoms with Gasteiger partial charge in [-0.2, -0.15) is 0 Å². The van der Waals surface area contributed by atoms with E-state index in [4.69, 9.17) is 15.2 Å². The molecule has 0 fully saturated rings. The van der Waals surface area contributed by atoms with E-state index in [-0.39, 0.29) is 6.61 Å². The first kappa shape index (κ1) is 13.3. The summed E-state index contributed by atoms with van der Waals surface area (Å²) in [6.07, 6.45) is 0. The fourth-order valence-corrected chi connectivity index (χ4v) is 1.36. The van der Waals surface area contributed by atoms with Crippen molar-refractivity contribution < 1.29 is 14.3 Å². The van der Waals surface area contributed by atoms with Gasteiger partial charge >= 0.3 is 0 Å². The quantitative estimate of drug-likeness (QED) is 0.727. The van der Waals surface area contributed by atoms with Gasteiger partial charge in [-0.15, -0.1) is 0 Å². The van der Waals surface area contributed by atoms with Crippen LogP contribution in [0.5, 0.6) is 11.5 Å². The second kappa shape index (κ2) is 6.75. The minimum atomic E-state index is -0.480. The molecule has 0 saturated carbocycles. The van der Waals surface area contributed by atoms with E-state index in [1.165, 1.54) is 0 Å². The van der Waals surface area contributed by atoms with Gasteiger partial charge in [0, 0.05) is 6.07 Å². The number of carbonyl (C=O) groups excluding carboxylic acids is 1. The fraction of sp³-hybridized carbons (Fsp3) is 0.417. The van der Waals surface area contributed by atoms with E-state index in [0.717, 1.165) is 0 Å². The molecule has 1 aromatic rings. The Balaban J connectivity index is 2.55. The highest BCUT2D eigenvalue weighted by Gasteiger charge is 2.14. The summed E-state index contributed by atoms with van der Waals surface area (Å²) in [5.41, 5.74) is 5.24. The number of ether oxygens (including phenoxy) is 2. The van der Waals surface area contributed by atoms with Crippen LogP contribution in [0.1, 0.15) is 6.92 Å². The standard InChI is InChI=1S/C12H18N2O3/c1-3-14-11(12(13)15)8-17-10-6-4-5-9(7-10)16-2/h4-7,11,14H,3,8H2,1-2H3,(H2,13,15). The van der Waals surface area contributed by atoms with Crippen molar-refractivity contribution >= 4 is 5.91 Å². The molecule has 1 aromatic carbocycles. The Morgan fingerprint density at radius 3 is 2.76 bits per heavy atom. The number of carbonyl (C=O) groups is 1. The molecule has 5 nitrogen and oxygen atoms in total. The number of methoxy groups -OCH3 is 1. The molecule has 0 aliphatic carbocycles. The highest BCUT2D eigenvalue weighted by molar-refractivity contribution is 5.80. The Morgan fingerprint density at radius 2 is 2.18 bits per heavy atom. The zero-order valence-electron chi connectivity index (χ0n) is 10.1. The molecular formula is C12H18N2O3. The Hall–Kier alpha value is -1.75. The van der Waals surface area contributed by atoms with Crippen molar-refractivity contribution in [3.8, 4) is 11.5 Å². The second-order valence-corrected chi connectivity index (χ2v) is 3.50. The van der Waals surface area contributed by atoms with Crippen molar-refractivity contribution in [1.82, 2.24) is 5.32 Å². The van der Waals surface area contributed by atoms with Gasteiger partial charge in [0.05, 0.1) is 7.11 Å². The maximum atomic E-state index is 11.1. The Morgan fingerprint density at radius 1 is 1.47 bits per heavy atom. The van der Waals surface area contributed by atoms with E-state index in [9.17, 15) is 4.79 Å². The highest BCUT2D eigenvalue weighted by atomic mass is 16.5. The summed E-state index contributed by atoms with van der Waals surface area (Å²) in [7, 11) is 1.59. The largest absolute Gasteiger partial charge is 0.497 e. The lowest BCUT2D eigenvalue weighted by Crippen LogP contribution is -2.45. The van der Waals surface area contributed by atoms with Gasteiger partial charge < -0.3 is 20.5 Å². The number of rotatable bonds is 7. The van der Waals surface area contributed by atoms with Crippen LogP contribution >= 0.6 is 0 Å². The van der Waals surface area contributed by atoms with Crippen molar-refractivity contribution in [2.45, 2.75) is 13.0 Å². The van der Waals surface area contributed by atoms with Crippen LogP contribution in [-0.4, -0.2) is 32.2 Å². The summed E-state index contributed by atoms with van der Waals surface area (Å²) in [6, 6.07) is 6.71. The van der Waals surface area contributed by atoms with Gasteiger partial charge in [-0.05, 0) is 18.7 Å². The number of hydrogen-bond donors (Lipinski definition) is 2. The minimum absolute atomic E-state index is 0.205. The van der Waals surface area contributed by atoms with Crippen molar-refractivity contribution in [2.75, 3.05) is 20.3 Å². The van der Waals surface area contributed by atoms with Crippen LogP contribution in [0, 0.1) is 0 Å². The van der Waals surface area contributed by atoms with Crippen LogP contribution in [0.2, 0.25) is 0 Å². The molecule has 0 spiro atoms. The lowest BCUT2D eigenvalue weighted by Gasteiger charge is -2.15. The third-order valence-corrected chi connectivity index (χ3v) is 2.25. The summed E-state index contributed by atoms with van der Waals surface area (Å²) in [5.74, 6) is 0.935. The van der Waals surface area contributed by atoms with Crippen LogP contribution in [0.4, 0.5) is 0 Å². The normalized spacial score (nSPS) is 11.9. The average Bonchev–Trinajstić information content (AvgIpc) is 2.34. The third kappa shape index (κ3) is 4.32. The van der Waals surface area contributed by atoms with Crippen LogP contribution in [0.25, 0.3) is 0 Å². The van der Waals surface area contributed by atoms with E-state index in [0.29, 0.717) is 18.0 Å². The molecule has 17 heavy (non-hydrogen) atoms. The van der Waals surface area contributed by atoms with E-state index in [2.05, 4.69) is 5.32 Å². The first-order chi connectivity index (χ1) is 8.17. The third-order valence-electron chi connectivity index (χ3n) is 2.25. The predicted molar refractivity (Wildman–Crippen MR) is 65.1 cm³/mol. The SMILES string of the molecule is CCNC(COc1cccc(OC)c1)C(N)=O. The lowest BCUT2D eigenvalue weighted by molar-refractivity contribution is -0.120. The smallest absolute Gasteiger partial charge is 0.238 e. The molecule has 0 aromatic heterocycles. The van der Waals surface area contributed by atoms with Gasteiger partial charge in [-0.25, -0.2) is 0 Å². The molecule has 3 N–H and O–H groups in total. The van der Waals surface area contributed by atoms with Crippen molar-refractivity contribution in [3.05, 3.63) is 24.3 Å². The monoisotopic (exact) mass is 238 g/mol. The Bertz CT molecular complexity index is 369. The van der Waals surface area contributed by atoms with E-state index >= 15 is 0 Å². The second-order valence-electron chi connectivity index (χ2n) is 3.50. The molecule has 0 saturated heterocycles. The number of primary amides is 1. The fourth-order valence-electron chi connectivity index (χ4n) is 1.36. The summed E-state index contributed by atoms with van der Waals surface area (Å²) in [5, 5.41) is 2.95. The molecule has 1 unspecified atom stereocenters. The van der Waals surface area contributed by atoms with Crippen LogP contribution in [0.15, 0.2) is 24.3 Å². The number of nitrogens with two attached hydrogens (primary N) is 1. The Labute approximate surface area is 101 Å². The summed E-state index contributed by atoms with van der Waals surface area (Å²) >= 11 is 0. The number of nitrogens with one attached hydrogen (secondary N) is 1. The van der Waals surface area contributed by atoms with Crippen LogP contribution in [-0.2, 0) is 4.79 Å². The molecule has 0 aliphatic heterocycles. The highest BCUT2D eigenvalue weighted by Crippen LogP contribution is 2.18. The summed E-state index contributed by atoms with van der Waals surface area (Å²) in [6.45, 7) is 2.77. The molecular weight excluding hydrogens is 220 g/mol. The number of benzene rings is 1. The number of hydrogen-bond acceptors (Lipinski definition) is 4. The zero-order chi connectivity index (χ0) is 12.7. The van der Waals surface area contributed by atoms with Gasteiger partial charge in [-0.1, -0.05) is 13.0 Å². The molecule has 1 rings (SSSR count). The molecule has 0 aliphatic rings. The topological polar surface area (TPSA) is 73.6 Å². The molecule has 0 radical (unpaired) electrons. The molecule has 94 valence electrons. The Kier molecular flexibility index (Phi) is 5.29. The molecule has 5 heteroatoms. The van der Waals surface area contributed by atoms with E-state index in [1.807, 2.05) is 19.1 Å². The van der Waals surface area contributed by atoms with Crippen molar-refractivity contribution in [1.29, 1.82) is 0 Å². The van der Waals surface area contributed by atoms with Crippen molar-refractivity contribution in [2.24, 2.45) is 5.73 Å². The van der Waals surface area contributed by atoms with E-state index < -0.39 is 11.9 Å². The van der Waals surface area contributed by atoms with Crippen molar-refractivity contribution in [3.63, 3.8) is 0 Å². The maximum absolute atomic E-state index is 11.1. The maximum Gasteiger partial charge on any atom is 0.238 e. The molecule has 0 bridgehead atoms. The predicted octanol–water partition coefficient (Wildman–Crippen LogP) is 0.537. The minimum Gasteiger partial charge on any atom is -0.497 e. The van der Waals surface area contributed by atoms with Gasteiger partial charge in [0.1, 0.15) is 24.1 Å². The lowest BCUT2D eigenvalue weighted by atomic mass is 10.3. The molecule has 1 atom stereocenters. The van der Waals surface area contributed by atoms with Crippen LogP contribution in [0.3, 0.4) is 0 Å². The van der Waals surface area contributed by atoms with Gasteiger partial charge in [0.25, 0.3) is 0 Å². The number of likely N-dealkylation sites (N-methyl/N-ethyl adjacent to an activating group) is 1. The van der Waals surface area contributed by atoms with Gasteiger partial charge in [-0.3, -0.25) is 4.79 Å². The van der Waals surface area contributed by atoms with Gasteiger partial charge in [0.15, 0.2) is 0 Å². The summed E-state index contributed by atoms with van der Waals surface area (Å²) < 4.78 is 10.6.